The van der Waals surface area contributed by atoms with Crippen molar-refractivity contribution in [1.29, 1.82) is 5.26 Å². The highest BCUT2D eigenvalue weighted by Crippen LogP contribution is 2.29. The molecule has 1 amide bonds. The molecule has 2 heterocycles. The maximum absolute atomic E-state index is 13.0. The van der Waals surface area contributed by atoms with E-state index in [1.165, 1.54) is 6.20 Å². The van der Waals surface area contributed by atoms with Gasteiger partial charge in [0.05, 0.1) is 40.1 Å². The zero-order valence-electron chi connectivity index (χ0n) is 18.1. The van der Waals surface area contributed by atoms with E-state index in [1.807, 2.05) is 55.5 Å². The molecule has 5 aromatic rings. The first kappa shape index (κ1) is 21.4. The Morgan fingerprint density at radius 2 is 1.79 bits per heavy atom. The normalized spacial score (nSPS) is 10.7. The fourth-order valence-corrected chi connectivity index (χ4v) is 3.99. The first-order chi connectivity index (χ1) is 16.5. The largest absolute Gasteiger partial charge is 0.338 e. The number of amides is 1. The number of nitrogens with zero attached hydrogens (tertiary/aromatic N) is 3. The van der Waals surface area contributed by atoms with Crippen molar-refractivity contribution >= 4 is 34.2 Å². The summed E-state index contributed by atoms with van der Waals surface area (Å²) in [6.07, 6.45) is 1.52. The number of pyridine rings is 1. The Balaban J connectivity index is 1.40. The number of hydrogen-bond donors (Lipinski definition) is 2. The first-order valence-electron chi connectivity index (χ1n) is 10.5. The van der Waals surface area contributed by atoms with Gasteiger partial charge in [-0.05, 0) is 60.0 Å². The number of aryl methyl sites for hydroxylation is 1. The fourth-order valence-electron chi connectivity index (χ4n) is 3.80. The molecule has 0 aliphatic heterocycles. The van der Waals surface area contributed by atoms with Crippen LogP contribution in [0.25, 0.3) is 33.5 Å². The molecule has 0 unspecified atom stereocenters. The Morgan fingerprint density at radius 3 is 2.53 bits per heavy atom. The number of anilines is 1. The van der Waals surface area contributed by atoms with Crippen LogP contribution in [-0.4, -0.2) is 20.9 Å². The molecule has 34 heavy (non-hydrogen) atoms. The van der Waals surface area contributed by atoms with E-state index in [9.17, 15) is 4.79 Å². The quantitative estimate of drug-likeness (QED) is 0.302. The summed E-state index contributed by atoms with van der Waals surface area (Å²) in [4.78, 5) is 25.1. The van der Waals surface area contributed by atoms with Crippen molar-refractivity contribution in [1.82, 2.24) is 15.0 Å². The summed E-state index contributed by atoms with van der Waals surface area (Å²) in [5.41, 5.74) is 6.77. The molecule has 0 saturated carbocycles. The van der Waals surface area contributed by atoms with Gasteiger partial charge in [0.1, 0.15) is 11.0 Å². The monoisotopic (exact) mass is 463 g/mol. The molecular formula is C27H18ClN5O. The molecule has 7 heteroatoms. The summed E-state index contributed by atoms with van der Waals surface area (Å²) < 4.78 is 0. The first-order valence-corrected chi connectivity index (χ1v) is 10.9. The molecule has 0 radical (unpaired) electrons. The molecule has 5 rings (SSSR count). The van der Waals surface area contributed by atoms with Crippen LogP contribution >= 0.6 is 11.6 Å². The van der Waals surface area contributed by atoms with Crippen molar-refractivity contribution in [3.8, 4) is 28.6 Å². The minimum absolute atomic E-state index is 0.247. The molecular weight excluding hydrogens is 446 g/mol. The average Bonchev–Trinajstić information content (AvgIpc) is 3.29. The van der Waals surface area contributed by atoms with Crippen molar-refractivity contribution in [2.75, 3.05) is 5.32 Å². The lowest BCUT2D eigenvalue weighted by atomic mass is 9.99. The number of rotatable bonds is 4. The van der Waals surface area contributed by atoms with Gasteiger partial charge in [0.15, 0.2) is 0 Å². The highest BCUT2D eigenvalue weighted by atomic mass is 35.5. The summed E-state index contributed by atoms with van der Waals surface area (Å²) in [6, 6.07) is 24.5. The van der Waals surface area contributed by atoms with Gasteiger partial charge in [-0.15, -0.1) is 0 Å². The van der Waals surface area contributed by atoms with Crippen LogP contribution < -0.4 is 5.32 Å². The lowest BCUT2D eigenvalue weighted by Crippen LogP contribution is -2.13. The third kappa shape index (κ3) is 4.13. The standard InChI is InChI=1S/C27H18ClN5O/c1-16-12-19(18-8-6-17(14-29)7-9-18)10-11-21(16)27(34)31-20-13-22(25(28)30-15-20)26-32-23-4-2-3-5-24(23)33-26/h2-13,15H,1H3,(H,31,34)(H,32,33). The summed E-state index contributed by atoms with van der Waals surface area (Å²) in [5.74, 6) is 0.335. The van der Waals surface area contributed by atoms with Crippen molar-refractivity contribution < 1.29 is 4.79 Å². The Labute approximate surface area is 200 Å². The van der Waals surface area contributed by atoms with Gasteiger partial charge in [0.2, 0.25) is 0 Å². The van der Waals surface area contributed by atoms with E-state index in [1.54, 1.807) is 24.3 Å². The molecule has 6 nitrogen and oxygen atoms in total. The van der Waals surface area contributed by atoms with Gasteiger partial charge in [-0.25, -0.2) is 9.97 Å². The van der Waals surface area contributed by atoms with Crippen molar-refractivity contribution in [2.24, 2.45) is 0 Å². The van der Waals surface area contributed by atoms with Crippen LogP contribution in [0.2, 0.25) is 5.15 Å². The van der Waals surface area contributed by atoms with E-state index in [-0.39, 0.29) is 5.91 Å². The van der Waals surface area contributed by atoms with E-state index in [2.05, 4.69) is 26.3 Å². The van der Waals surface area contributed by atoms with Crippen LogP contribution in [0.15, 0.2) is 79.0 Å². The van der Waals surface area contributed by atoms with Crippen LogP contribution in [0, 0.1) is 18.3 Å². The Hall–Kier alpha value is -4.47. The number of nitriles is 1. The number of aromatic amines is 1. The number of carbonyl (C=O) groups is 1. The number of imidazole rings is 1. The molecule has 0 atom stereocenters. The van der Waals surface area contributed by atoms with Crippen LogP contribution in [0.1, 0.15) is 21.5 Å². The molecule has 3 aromatic carbocycles. The van der Waals surface area contributed by atoms with Gasteiger partial charge in [0.25, 0.3) is 5.91 Å². The Bertz CT molecular complexity index is 1550. The Morgan fingerprint density at radius 1 is 1.03 bits per heavy atom. The summed E-state index contributed by atoms with van der Waals surface area (Å²) in [5, 5.41) is 12.2. The van der Waals surface area contributed by atoms with Crippen LogP contribution in [-0.2, 0) is 0 Å². The second-order valence-corrected chi connectivity index (χ2v) is 8.20. The second-order valence-electron chi connectivity index (χ2n) is 7.84. The van der Waals surface area contributed by atoms with Gasteiger partial charge >= 0.3 is 0 Å². The maximum atomic E-state index is 13.0. The summed E-state index contributed by atoms with van der Waals surface area (Å²) >= 11 is 6.33. The van der Waals surface area contributed by atoms with E-state index in [0.717, 1.165) is 27.7 Å². The minimum atomic E-state index is -0.247. The predicted octanol–water partition coefficient (Wildman–Crippen LogP) is 6.38. The van der Waals surface area contributed by atoms with Gasteiger partial charge in [-0.1, -0.05) is 48.0 Å². The summed E-state index contributed by atoms with van der Waals surface area (Å²) in [7, 11) is 0. The van der Waals surface area contributed by atoms with E-state index in [4.69, 9.17) is 16.9 Å². The van der Waals surface area contributed by atoms with Crippen LogP contribution in [0.3, 0.4) is 0 Å². The minimum Gasteiger partial charge on any atom is -0.338 e. The fraction of sp³-hybridized carbons (Fsp3) is 0.0370. The number of halogens is 1. The van der Waals surface area contributed by atoms with Gasteiger partial charge < -0.3 is 10.3 Å². The van der Waals surface area contributed by atoms with Gasteiger partial charge in [-0.3, -0.25) is 4.79 Å². The SMILES string of the molecule is Cc1cc(-c2ccc(C#N)cc2)ccc1C(=O)Nc1cnc(Cl)c(-c2nc3ccccc3[nH]2)c1. The number of fused-ring (bicyclic) bond motifs is 1. The number of aromatic nitrogens is 3. The van der Waals surface area contributed by atoms with Crippen molar-refractivity contribution in [3.63, 3.8) is 0 Å². The molecule has 0 aliphatic carbocycles. The van der Waals surface area contributed by atoms with E-state index < -0.39 is 0 Å². The molecule has 0 spiro atoms. The molecule has 0 bridgehead atoms. The highest BCUT2D eigenvalue weighted by Gasteiger charge is 2.15. The highest BCUT2D eigenvalue weighted by molar-refractivity contribution is 6.32. The average molecular weight is 464 g/mol. The van der Waals surface area contributed by atoms with Crippen LogP contribution in [0.5, 0.6) is 0 Å². The maximum Gasteiger partial charge on any atom is 0.255 e. The molecule has 0 saturated heterocycles. The zero-order valence-corrected chi connectivity index (χ0v) is 18.9. The van der Waals surface area contributed by atoms with E-state index >= 15 is 0 Å². The number of nitrogens with one attached hydrogen (secondary N) is 2. The molecule has 2 aromatic heterocycles. The number of hydrogen-bond acceptors (Lipinski definition) is 4. The number of para-hydroxylation sites is 2. The smallest absolute Gasteiger partial charge is 0.255 e. The van der Waals surface area contributed by atoms with Crippen molar-refractivity contribution in [2.45, 2.75) is 6.92 Å². The van der Waals surface area contributed by atoms with Crippen LogP contribution in [0.4, 0.5) is 5.69 Å². The predicted molar refractivity (Wildman–Crippen MR) is 134 cm³/mol. The third-order valence-corrected chi connectivity index (χ3v) is 5.86. The molecule has 2 N–H and O–H groups in total. The number of carbonyl (C=O) groups excluding carboxylic acids is 1. The van der Waals surface area contributed by atoms with Gasteiger partial charge in [-0.2, -0.15) is 5.26 Å². The van der Waals surface area contributed by atoms with Gasteiger partial charge in [0, 0.05) is 5.56 Å². The topological polar surface area (TPSA) is 94.5 Å². The summed E-state index contributed by atoms with van der Waals surface area (Å²) in [6.45, 7) is 1.89. The number of H-pyrrole nitrogens is 1. The lowest BCUT2D eigenvalue weighted by molar-refractivity contribution is 0.102. The molecule has 0 fully saturated rings. The molecule has 164 valence electrons. The van der Waals surface area contributed by atoms with Crippen molar-refractivity contribution in [3.05, 3.63) is 101 Å². The molecule has 0 aliphatic rings. The lowest BCUT2D eigenvalue weighted by Gasteiger charge is -2.11. The zero-order chi connectivity index (χ0) is 23.7. The van der Waals surface area contributed by atoms with E-state index in [0.29, 0.717) is 33.4 Å². The second kappa shape index (κ2) is 8.81. The third-order valence-electron chi connectivity index (χ3n) is 5.56. The number of benzene rings is 3. The Kier molecular flexibility index (Phi) is 5.54.